The Morgan fingerprint density at radius 1 is 1.42 bits per heavy atom. The summed E-state index contributed by atoms with van der Waals surface area (Å²) in [7, 11) is 3.25. The number of nitrogens with zero attached hydrogens (tertiary/aromatic N) is 3. The summed E-state index contributed by atoms with van der Waals surface area (Å²) in [5.74, 6) is -0.0997. The van der Waals surface area contributed by atoms with Gasteiger partial charge in [0, 0.05) is 46.6 Å². The lowest BCUT2D eigenvalue weighted by molar-refractivity contribution is -0.00461. The lowest BCUT2D eigenvalue weighted by atomic mass is 10.3. The molecule has 1 aromatic heterocycles. The Labute approximate surface area is 112 Å². The van der Waals surface area contributed by atoms with Gasteiger partial charge in [-0.15, -0.1) is 0 Å². The minimum Gasteiger partial charge on any atom is -0.377 e. The number of hydrogen-bond donors (Lipinski definition) is 1. The van der Waals surface area contributed by atoms with Crippen LogP contribution in [0.1, 0.15) is 10.5 Å². The molecule has 1 aliphatic rings. The summed E-state index contributed by atoms with van der Waals surface area (Å²) >= 11 is 0. The number of nitrogens with two attached hydrogens (primary N) is 1. The van der Waals surface area contributed by atoms with Crippen LogP contribution in [0.2, 0.25) is 0 Å². The molecule has 7 heteroatoms. The molecule has 1 aliphatic heterocycles. The predicted octanol–water partition coefficient (Wildman–Crippen LogP) is -0.672. The molecular weight excluding hydrogens is 248 g/mol. The van der Waals surface area contributed by atoms with Crippen LogP contribution in [-0.4, -0.2) is 66.4 Å². The first-order valence-corrected chi connectivity index (χ1v) is 6.26. The molecule has 1 saturated heterocycles. The van der Waals surface area contributed by atoms with Crippen LogP contribution in [-0.2, 0) is 16.0 Å². The van der Waals surface area contributed by atoms with Crippen LogP contribution in [0.25, 0.3) is 0 Å². The third-order valence-electron chi connectivity index (χ3n) is 3.35. The Balaban J connectivity index is 2.03. The number of imidazole rings is 1. The van der Waals surface area contributed by atoms with Gasteiger partial charge in [-0.1, -0.05) is 0 Å². The van der Waals surface area contributed by atoms with Crippen molar-refractivity contribution in [3.63, 3.8) is 0 Å². The summed E-state index contributed by atoms with van der Waals surface area (Å²) in [6.07, 6.45) is 3.18. The zero-order chi connectivity index (χ0) is 13.8. The largest absolute Gasteiger partial charge is 0.377 e. The van der Waals surface area contributed by atoms with E-state index in [2.05, 4.69) is 4.98 Å². The van der Waals surface area contributed by atoms with Crippen molar-refractivity contribution in [1.82, 2.24) is 14.5 Å². The summed E-state index contributed by atoms with van der Waals surface area (Å²) in [5, 5.41) is 0. The van der Waals surface area contributed by atoms with Crippen molar-refractivity contribution in [2.45, 2.75) is 18.8 Å². The van der Waals surface area contributed by atoms with Gasteiger partial charge in [0.1, 0.15) is 17.9 Å². The minimum absolute atomic E-state index is 0.0833. The molecule has 0 aliphatic carbocycles. The van der Waals surface area contributed by atoms with Crippen molar-refractivity contribution in [1.29, 1.82) is 0 Å². The summed E-state index contributed by atoms with van der Waals surface area (Å²) < 4.78 is 12.4. The fourth-order valence-corrected chi connectivity index (χ4v) is 2.27. The van der Waals surface area contributed by atoms with Gasteiger partial charge in [0.05, 0.1) is 6.33 Å². The quantitative estimate of drug-likeness (QED) is 0.765. The third-order valence-corrected chi connectivity index (χ3v) is 3.35. The number of carbonyl (C=O) groups excluding carboxylic acids is 1. The number of likely N-dealkylation sites (tertiary alicyclic amines) is 1. The van der Waals surface area contributed by atoms with E-state index in [0.717, 1.165) is 0 Å². The van der Waals surface area contributed by atoms with Crippen LogP contribution >= 0.6 is 0 Å². The summed E-state index contributed by atoms with van der Waals surface area (Å²) in [5.41, 5.74) is 5.89. The first kappa shape index (κ1) is 14.0. The summed E-state index contributed by atoms with van der Waals surface area (Å²) in [4.78, 5) is 18.1. The van der Waals surface area contributed by atoms with Crippen LogP contribution in [0.15, 0.2) is 12.5 Å². The average Bonchev–Trinajstić information content (AvgIpc) is 3.04. The molecule has 2 heterocycles. The molecule has 2 unspecified atom stereocenters. The molecule has 0 spiro atoms. The van der Waals surface area contributed by atoms with E-state index in [4.69, 9.17) is 15.2 Å². The van der Waals surface area contributed by atoms with Crippen molar-refractivity contribution >= 4 is 5.91 Å². The van der Waals surface area contributed by atoms with Crippen LogP contribution in [0.4, 0.5) is 0 Å². The third kappa shape index (κ3) is 2.94. The first-order valence-electron chi connectivity index (χ1n) is 6.26. The fraction of sp³-hybridized carbons (Fsp3) is 0.667. The molecule has 0 bridgehead atoms. The molecule has 106 valence electrons. The first-order chi connectivity index (χ1) is 9.19. The highest BCUT2D eigenvalue weighted by Gasteiger charge is 2.36. The zero-order valence-corrected chi connectivity index (χ0v) is 11.3. The standard InChI is InChI=1S/C12H20N4O3/c1-18-10-6-16(7-11(10)19-2)12(17)9-5-15(4-3-13)8-14-9/h5,8,10-11H,3-4,6-7,13H2,1-2H3. The molecule has 0 radical (unpaired) electrons. The van der Waals surface area contributed by atoms with Crippen LogP contribution in [0.3, 0.4) is 0 Å². The normalized spacial score (nSPS) is 23.0. The number of hydrogen-bond acceptors (Lipinski definition) is 5. The van der Waals surface area contributed by atoms with E-state index in [0.29, 0.717) is 31.9 Å². The highest BCUT2D eigenvalue weighted by Crippen LogP contribution is 2.17. The molecule has 0 saturated carbocycles. The van der Waals surface area contributed by atoms with E-state index in [9.17, 15) is 4.79 Å². The van der Waals surface area contributed by atoms with Gasteiger partial charge in [-0.25, -0.2) is 4.98 Å². The van der Waals surface area contributed by atoms with Crippen LogP contribution < -0.4 is 5.73 Å². The van der Waals surface area contributed by atoms with Gasteiger partial charge in [0.2, 0.25) is 0 Å². The van der Waals surface area contributed by atoms with Gasteiger partial charge in [0.25, 0.3) is 5.91 Å². The van der Waals surface area contributed by atoms with Gasteiger partial charge >= 0.3 is 0 Å². The highest BCUT2D eigenvalue weighted by molar-refractivity contribution is 5.92. The molecule has 1 amide bonds. The van der Waals surface area contributed by atoms with Crippen molar-refractivity contribution in [2.75, 3.05) is 33.9 Å². The number of aromatic nitrogens is 2. The van der Waals surface area contributed by atoms with Crippen molar-refractivity contribution in [3.05, 3.63) is 18.2 Å². The SMILES string of the molecule is COC1CN(C(=O)c2cn(CCN)cn2)CC1OC. The topological polar surface area (TPSA) is 82.6 Å². The van der Waals surface area contributed by atoms with Gasteiger partial charge in [0.15, 0.2) is 0 Å². The number of ether oxygens (including phenoxy) is 2. The van der Waals surface area contributed by atoms with Crippen LogP contribution in [0, 0.1) is 0 Å². The van der Waals surface area contributed by atoms with Crippen molar-refractivity contribution in [2.24, 2.45) is 5.73 Å². The monoisotopic (exact) mass is 268 g/mol. The number of carbonyl (C=O) groups is 1. The van der Waals surface area contributed by atoms with Crippen molar-refractivity contribution < 1.29 is 14.3 Å². The second-order valence-electron chi connectivity index (χ2n) is 4.54. The van der Waals surface area contributed by atoms with E-state index in [-0.39, 0.29) is 18.1 Å². The lowest BCUT2D eigenvalue weighted by Crippen LogP contribution is -2.30. The summed E-state index contributed by atoms with van der Waals surface area (Å²) in [6, 6.07) is 0. The lowest BCUT2D eigenvalue weighted by Gasteiger charge is -2.13. The molecule has 7 nitrogen and oxygen atoms in total. The zero-order valence-electron chi connectivity index (χ0n) is 11.3. The second kappa shape index (κ2) is 6.14. The Morgan fingerprint density at radius 3 is 2.58 bits per heavy atom. The Hall–Kier alpha value is -1.44. The van der Waals surface area contributed by atoms with Gasteiger partial charge in [-0.2, -0.15) is 0 Å². The molecular formula is C12H20N4O3. The Bertz CT molecular complexity index is 422. The number of methoxy groups -OCH3 is 2. The van der Waals surface area contributed by atoms with E-state index >= 15 is 0 Å². The van der Waals surface area contributed by atoms with Crippen LogP contribution in [0.5, 0.6) is 0 Å². The van der Waals surface area contributed by atoms with Gasteiger partial charge < -0.3 is 24.7 Å². The molecule has 0 aromatic carbocycles. The number of amides is 1. The molecule has 2 atom stereocenters. The molecule has 19 heavy (non-hydrogen) atoms. The van der Waals surface area contributed by atoms with Gasteiger partial charge in [-0.05, 0) is 0 Å². The Morgan fingerprint density at radius 2 is 2.05 bits per heavy atom. The second-order valence-corrected chi connectivity index (χ2v) is 4.54. The molecule has 1 fully saturated rings. The smallest absolute Gasteiger partial charge is 0.274 e. The molecule has 2 N–H and O–H groups in total. The van der Waals surface area contributed by atoms with E-state index in [1.807, 2.05) is 4.57 Å². The Kier molecular flexibility index (Phi) is 4.52. The predicted molar refractivity (Wildman–Crippen MR) is 68.8 cm³/mol. The van der Waals surface area contributed by atoms with Gasteiger partial charge in [-0.3, -0.25) is 4.79 Å². The number of rotatable bonds is 5. The maximum Gasteiger partial charge on any atom is 0.274 e. The molecule has 1 aromatic rings. The fourth-order valence-electron chi connectivity index (χ4n) is 2.27. The maximum atomic E-state index is 12.3. The van der Waals surface area contributed by atoms with Crippen molar-refractivity contribution in [3.8, 4) is 0 Å². The minimum atomic E-state index is -0.0997. The molecule has 2 rings (SSSR count). The van der Waals surface area contributed by atoms with E-state index in [1.165, 1.54) is 0 Å². The summed E-state index contributed by atoms with van der Waals surface area (Å²) in [6.45, 7) is 2.22. The average molecular weight is 268 g/mol. The maximum absolute atomic E-state index is 12.3. The van der Waals surface area contributed by atoms with E-state index < -0.39 is 0 Å². The van der Waals surface area contributed by atoms with E-state index in [1.54, 1.807) is 31.6 Å². The highest BCUT2D eigenvalue weighted by atomic mass is 16.5.